The Kier molecular flexibility index (Phi) is 3.69. The van der Waals surface area contributed by atoms with E-state index in [0.717, 1.165) is 17.8 Å². The molecule has 1 N–H and O–H groups in total. The lowest BCUT2D eigenvalue weighted by atomic mass is 9.77. The summed E-state index contributed by atoms with van der Waals surface area (Å²) in [6, 6.07) is 9.52. The number of hydrogen-bond donors (Lipinski definition) is 1. The molecule has 0 aromatic heterocycles. The van der Waals surface area contributed by atoms with Crippen LogP contribution in [0.25, 0.3) is 0 Å². The summed E-state index contributed by atoms with van der Waals surface area (Å²) in [5, 5.41) is 3.35. The van der Waals surface area contributed by atoms with E-state index in [9.17, 15) is 0 Å². The first-order valence-electron chi connectivity index (χ1n) is 7.67. The molecule has 2 fully saturated rings. The van der Waals surface area contributed by atoms with Gasteiger partial charge in [0.05, 0.1) is 0 Å². The fraction of sp³-hybridized carbons (Fsp3) is 0.647. The SMILES string of the molecule is CCC1CCC(c2ccc(C3CNC3)cc2)CC1. The van der Waals surface area contributed by atoms with Gasteiger partial charge in [-0.2, -0.15) is 0 Å². The highest BCUT2D eigenvalue weighted by atomic mass is 14.9. The van der Waals surface area contributed by atoms with Crippen molar-refractivity contribution in [1.82, 2.24) is 5.32 Å². The van der Waals surface area contributed by atoms with Crippen LogP contribution < -0.4 is 5.32 Å². The van der Waals surface area contributed by atoms with E-state index < -0.39 is 0 Å². The molecule has 0 spiro atoms. The first kappa shape index (κ1) is 12.2. The largest absolute Gasteiger partial charge is 0.315 e. The van der Waals surface area contributed by atoms with Crippen LogP contribution in [0.2, 0.25) is 0 Å². The summed E-state index contributed by atoms with van der Waals surface area (Å²) in [7, 11) is 0. The predicted octanol–water partition coefficient (Wildman–Crippen LogP) is 4.06. The van der Waals surface area contributed by atoms with Gasteiger partial charge in [0, 0.05) is 19.0 Å². The molecule has 1 aromatic carbocycles. The van der Waals surface area contributed by atoms with Crippen molar-refractivity contribution < 1.29 is 0 Å². The second kappa shape index (κ2) is 5.44. The molecule has 0 unspecified atom stereocenters. The molecule has 0 amide bonds. The van der Waals surface area contributed by atoms with Crippen molar-refractivity contribution in [2.24, 2.45) is 5.92 Å². The van der Waals surface area contributed by atoms with Gasteiger partial charge in [0.15, 0.2) is 0 Å². The van der Waals surface area contributed by atoms with E-state index in [-0.39, 0.29) is 0 Å². The summed E-state index contributed by atoms with van der Waals surface area (Å²) in [5.74, 6) is 2.61. The van der Waals surface area contributed by atoms with Crippen LogP contribution in [0.3, 0.4) is 0 Å². The molecule has 1 aromatic rings. The minimum Gasteiger partial charge on any atom is -0.315 e. The van der Waals surface area contributed by atoms with Crippen LogP contribution in [0.1, 0.15) is 62.0 Å². The minimum absolute atomic E-state index is 0.773. The number of benzene rings is 1. The molecule has 1 heteroatoms. The molecule has 0 bridgehead atoms. The van der Waals surface area contributed by atoms with Gasteiger partial charge < -0.3 is 5.32 Å². The molecule has 1 heterocycles. The van der Waals surface area contributed by atoms with Crippen molar-refractivity contribution >= 4 is 0 Å². The van der Waals surface area contributed by atoms with Crippen LogP contribution in [0.5, 0.6) is 0 Å². The van der Waals surface area contributed by atoms with Gasteiger partial charge in [0.25, 0.3) is 0 Å². The molecule has 1 aliphatic carbocycles. The molecule has 1 nitrogen and oxygen atoms in total. The lowest BCUT2D eigenvalue weighted by Crippen LogP contribution is -2.39. The summed E-state index contributed by atoms with van der Waals surface area (Å²) < 4.78 is 0. The van der Waals surface area contributed by atoms with E-state index >= 15 is 0 Å². The minimum atomic E-state index is 0.773. The number of rotatable bonds is 3. The van der Waals surface area contributed by atoms with Crippen LogP contribution in [0.4, 0.5) is 0 Å². The van der Waals surface area contributed by atoms with E-state index in [4.69, 9.17) is 0 Å². The smallest absolute Gasteiger partial charge is 0.00885 e. The predicted molar refractivity (Wildman–Crippen MR) is 77.0 cm³/mol. The zero-order valence-electron chi connectivity index (χ0n) is 11.5. The summed E-state index contributed by atoms with van der Waals surface area (Å²) in [5.41, 5.74) is 3.11. The second-order valence-electron chi connectivity index (χ2n) is 6.15. The van der Waals surface area contributed by atoms with Gasteiger partial charge in [-0.1, -0.05) is 37.6 Å². The van der Waals surface area contributed by atoms with Gasteiger partial charge in [0.2, 0.25) is 0 Å². The van der Waals surface area contributed by atoms with Crippen molar-refractivity contribution in [1.29, 1.82) is 0 Å². The molecular formula is C17H25N. The molecule has 0 atom stereocenters. The molecule has 1 aliphatic heterocycles. The van der Waals surface area contributed by atoms with E-state index in [2.05, 4.69) is 36.5 Å². The fourth-order valence-corrected chi connectivity index (χ4v) is 3.47. The third-order valence-corrected chi connectivity index (χ3v) is 5.08. The highest BCUT2D eigenvalue weighted by Crippen LogP contribution is 2.37. The third-order valence-electron chi connectivity index (χ3n) is 5.08. The Morgan fingerprint density at radius 2 is 1.44 bits per heavy atom. The Labute approximate surface area is 111 Å². The summed E-state index contributed by atoms with van der Waals surface area (Å²) in [6.07, 6.45) is 7.07. The molecule has 1 saturated heterocycles. The second-order valence-corrected chi connectivity index (χ2v) is 6.15. The van der Waals surface area contributed by atoms with Gasteiger partial charge in [-0.25, -0.2) is 0 Å². The summed E-state index contributed by atoms with van der Waals surface area (Å²) >= 11 is 0. The highest BCUT2D eigenvalue weighted by molar-refractivity contribution is 5.29. The van der Waals surface area contributed by atoms with Gasteiger partial charge in [-0.15, -0.1) is 0 Å². The van der Waals surface area contributed by atoms with E-state index in [1.807, 2.05) is 0 Å². The molecule has 2 aliphatic rings. The Hall–Kier alpha value is -0.820. The number of nitrogens with one attached hydrogen (secondary N) is 1. The number of hydrogen-bond acceptors (Lipinski definition) is 1. The monoisotopic (exact) mass is 243 g/mol. The molecular weight excluding hydrogens is 218 g/mol. The molecule has 0 radical (unpaired) electrons. The topological polar surface area (TPSA) is 12.0 Å². The van der Waals surface area contributed by atoms with Crippen LogP contribution >= 0.6 is 0 Å². The average Bonchev–Trinajstić information content (AvgIpc) is 2.38. The van der Waals surface area contributed by atoms with Crippen molar-refractivity contribution in [3.8, 4) is 0 Å². The normalized spacial score (nSPS) is 28.9. The summed E-state index contributed by atoms with van der Waals surface area (Å²) in [6.45, 7) is 4.67. The van der Waals surface area contributed by atoms with Gasteiger partial charge in [-0.3, -0.25) is 0 Å². The van der Waals surface area contributed by atoms with Crippen LogP contribution in [0.15, 0.2) is 24.3 Å². The van der Waals surface area contributed by atoms with Crippen molar-refractivity contribution in [3.63, 3.8) is 0 Å². The molecule has 1 saturated carbocycles. The average molecular weight is 243 g/mol. The van der Waals surface area contributed by atoms with Crippen LogP contribution in [0, 0.1) is 5.92 Å². The van der Waals surface area contributed by atoms with E-state index in [0.29, 0.717) is 0 Å². The third kappa shape index (κ3) is 2.47. The van der Waals surface area contributed by atoms with Crippen molar-refractivity contribution in [2.45, 2.75) is 50.9 Å². The van der Waals surface area contributed by atoms with E-state index in [1.54, 1.807) is 5.56 Å². The zero-order chi connectivity index (χ0) is 12.4. The van der Waals surface area contributed by atoms with Crippen LogP contribution in [-0.2, 0) is 0 Å². The maximum atomic E-state index is 3.35. The highest BCUT2D eigenvalue weighted by Gasteiger charge is 2.22. The Balaban J connectivity index is 1.62. The first-order chi connectivity index (χ1) is 8.86. The van der Waals surface area contributed by atoms with Crippen molar-refractivity contribution in [2.75, 3.05) is 13.1 Å². The van der Waals surface area contributed by atoms with Crippen molar-refractivity contribution in [3.05, 3.63) is 35.4 Å². The maximum absolute atomic E-state index is 3.35. The maximum Gasteiger partial charge on any atom is 0.00885 e. The first-order valence-corrected chi connectivity index (χ1v) is 7.67. The lowest BCUT2D eigenvalue weighted by Gasteiger charge is -2.30. The summed E-state index contributed by atoms with van der Waals surface area (Å²) in [4.78, 5) is 0. The molecule has 3 rings (SSSR count). The van der Waals surface area contributed by atoms with Gasteiger partial charge >= 0.3 is 0 Å². The fourth-order valence-electron chi connectivity index (χ4n) is 3.47. The molecule has 98 valence electrons. The lowest BCUT2D eigenvalue weighted by molar-refractivity contribution is 0.318. The van der Waals surface area contributed by atoms with E-state index in [1.165, 1.54) is 50.8 Å². The molecule has 18 heavy (non-hydrogen) atoms. The quantitative estimate of drug-likeness (QED) is 0.844. The zero-order valence-corrected chi connectivity index (χ0v) is 11.5. The van der Waals surface area contributed by atoms with Gasteiger partial charge in [-0.05, 0) is 48.6 Å². The Bertz CT molecular complexity index is 369. The Morgan fingerprint density at radius 1 is 0.889 bits per heavy atom. The van der Waals surface area contributed by atoms with Crippen LogP contribution in [-0.4, -0.2) is 13.1 Å². The standard InChI is InChI=1S/C17H25N/c1-2-13-3-5-14(6-4-13)15-7-9-16(10-8-15)17-11-18-12-17/h7-10,13-14,17-18H,2-6,11-12H2,1H3. The Morgan fingerprint density at radius 3 is 1.89 bits per heavy atom. The van der Waals surface area contributed by atoms with Gasteiger partial charge in [0.1, 0.15) is 0 Å².